The molecule has 0 aliphatic heterocycles. The average Bonchev–Trinajstić information content (AvgIpc) is 2.80. The van der Waals surface area contributed by atoms with Crippen molar-refractivity contribution < 1.29 is 28.9 Å². The van der Waals surface area contributed by atoms with Crippen molar-refractivity contribution in [2.75, 3.05) is 26.1 Å². The van der Waals surface area contributed by atoms with Crippen LogP contribution < -0.4 is 10.1 Å². The normalized spacial score (nSPS) is 10.3. The molecule has 2 N–H and O–H groups in total. The van der Waals surface area contributed by atoms with Crippen LogP contribution in [-0.2, 0) is 9.47 Å². The molecule has 0 unspecified atom stereocenters. The number of methoxy groups -OCH3 is 2. The Morgan fingerprint density at radius 3 is 2.42 bits per heavy atom. The van der Waals surface area contributed by atoms with Crippen molar-refractivity contribution >= 4 is 23.4 Å². The molecule has 1 heterocycles. The number of carbonyl (C=O) groups is 2. The number of nitrogens with zero attached hydrogens (tertiary/aromatic N) is 2. The first-order valence-electron chi connectivity index (χ1n) is 9.34. The first-order valence-corrected chi connectivity index (χ1v) is 9.34. The number of carbonyl (C=O) groups excluding carboxylic acids is 2. The van der Waals surface area contributed by atoms with Gasteiger partial charge in [-0.1, -0.05) is 6.07 Å². The third-order valence-electron chi connectivity index (χ3n) is 4.33. The Morgan fingerprint density at radius 1 is 1.03 bits per heavy atom. The molecule has 0 spiro atoms. The second-order valence-corrected chi connectivity index (χ2v) is 6.22. The molecular weight excluding hydrogens is 402 g/mol. The summed E-state index contributed by atoms with van der Waals surface area (Å²) in [7, 11) is 2.78. The third kappa shape index (κ3) is 4.72. The molecule has 0 atom stereocenters. The van der Waals surface area contributed by atoms with E-state index in [1.807, 2.05) is 0 Å². The van der Waals surface area contributed by atoms with E-state index in [9.17, 15) is 14.7 Å². The highest BCUT2D eigenvalue weighted by Gasteiger charge is 2.20. The van der Waals surface area contributed by atoms with Gasteiger partial charge in [-0.05, 0) is 43.3 Å². The van der Waals surface area contributed by atoms with Gasteiger partial charge in [0.1, 0.15) is 22.7 Å². The van der Waals surface area contributed by atoms with Gasteiger partial charge in [-0.2, -0.15) is 0 Å². The molecule has 1 aromatic heterocycles. The zero-order valence-electron chi connectivity index (χ0n) is 17.2. The number of phenols is 1. The summed E-state index contributed by atoms with van der Waals surface area (Å²) in [5.74, 6) is -0.551. The lowest BCUT2D eigenvalue weighted by molar-refractivity contribution is 0.0525. The standard InChI is InChI=1S/C22H21N3O6/c1-4-31-22(28)16-12-23-19(13-8-10-14(29-2)11-9-13)25-20(16)24-17-7-5-6-15(18(17)26)21(27)30-3/h5-12,26H,4H2,1-3H3,(H,23,24,25). The van der Waals surface area contributed by atoms with Crippen LogP contribution in [0.4, 0.5) is 11.5 Å². The lowest BCUT2D eigenvalue weighted by Gasteiger charge is -2.14. The van der Waals surface area contributed by atoms with Gasteiger partial charge in [0.25, 0.3) is 0 Å². The van der Waals surface area contributed by atoms with E-state index in [1.165, 1.54) is 25.4 Å². The Bertz CT molecular complexity index is 1100. The van der Waals surface area contributed by atoms with Gasteiger partial charge < -0.3 is 24.6 Å². The second kappa shape index (κ2) is 9.57. The van der Waals surface area contributed by atoms with E-state index in [4.69, 9.17) is 9.47 Å². The van der Waals surface area contributed by atoms with Crippen molar-refractivity contribution in [1.82, 2.24) is 9.97 Å². The minimum absolute atomic E-state index is 0.0328. The molecule has 0 aliphatic rings. The quantitative estimate of drug-likeness (QED) is 0.434. The number of nitrogens with one attached hydrogen (secondary N) is 1. The summed E-state index contributed by atoms with van der Waals surface area (Å²) >= 11 is 0. The fourth-order valence-corrected chi connectivity index (χ4v) is 2.76. The molecule has 0 amide bonds. The van der Waals surface area contributed by atoms with Crippen LogP contribution in [-0.4, -0.2) is 47.8 Å². The number of esters is 2. The van der Waals surface area contributed by atoms with Gasteiger partial charge in [-0.15, -0.1) is 0 Å². The van der Waals surface area contributed by atoms with Crippen molar-refractivity contribution in [2.45, 2.75) is 6.92 Å². The Hall–Kier alpha value is -4.14. The first-order chi connectivity index (χ1) is 15.0. The highest BCUT2D eigenvalue weighted by atomic mass is 16.5. The zero-order chi connectivity index (χ0) is 22.4. The second-order valence-electron chi connectivity index (χ2n) is 6.22. The molecule has 31 heavy (non-hydrogen) atoms. The van der Waals surface area contributed by atoms with Crippen molar-refractivity contribution in [3.8, 4) is 22.9 Å². The van der Waals surface area contributed by atoms with Gasteiger partial charge in [0, 0.05) is 11.8 Å². The van der Waals surface area contributed by atoms with Gasteiger partial charge in [-0.25, -0.2) is 19.6 Å². The van der Waals surface area contributed by atoms with E-state index in [2.05, 4.69) is 20.0 Å². The molecule has 3 aromatic rings. The topological polar surface area (TPSA) is 120 Å². The van der Waals surface area contributed by atoms with Crippen LogP contribution in [0.1, 0.15) is 27.6 Å². The van der Waals surface area contributed by atoms with Crippen molar-refractivity contribution in [2.24, 2.45) is 0 Å². The number of hydrogen-bond donors (Lipinski definition) is 2. The molecule has 9 heteroatoms. The predicted octanol–water partition coefficient (Wildman–Crippen LogP) is 3.56. The molecular formula is C22H21N3O6. The number of phenolic OH excluding ortho intramolecular Hbond substituents is 1. The zero-order valence-corrected chi connectivity index (χ0v) is 17.2. The van der Waals surface area contributed by atoms with Crippen molar-refractivity contribution in [3.63, 3.8) is 0 Å². The highest BCUT2D eigenvalue weighted by molar-refractivity contribution is 5.97. The number of anilines is 2. The van der Waals surface area contributed by atoms with Crippen LogP contribution >= 0.6 is 0 Å². The SMILES string of the molecule is CCOC(=O)c1cnc(-c2ccc(OC)cc2)nc1Nc1cccc(C(=O)OC)c1O. The maximum Gasteiger partial charge on any atom is 0.343 e. The maximum atomic E-state index is 12.4. The number of hydrogen-bond acceptors (Lipinski definition) is 9. The van der Waals surface area contributed by atoms with E-state index in [0.29, 0.717) is 17.1 Å². The summed E-state index contributed by atoms with van der Waals surface area (Å²) in [6, 6.07) is 11.6. The number of aromatic nitrogens is 2. The van der Waals surface area contributed by atoms with Crippen LogP contribution in [0, 0.1) is 0 Å². The highest BCUT2D eigenvalue weighted by Crippen LogP contribution is 2.32. The lowest BCUT2D eigenvalue weighted by atomic mass is 10.1. The Balaban J connectivity index is 2.05. The van der Waals surface area contributed by atoms with Crippen LogP contribution in [0.2, 0.25) is 0 Å². The molecule has 0 aliphatic carbocycles. The van der Waals surface area contributed by atoms with Crippen molar-refractivity contribution in [3.05, 3.63) is 59.8 Å². The van der Waals surface area contributed by atoms with Gasteiger partial charge in [0.05, 0.1) is 26.5 Å². The van der Waals surface area contributed by atoms with Gasteiger partial charge in [-0.3, -0.25) is 0 Å². The minimum atomic E-state index is -0.701. The van der Waals surface area contributed by atoms with E-state index in [0.717, 1.165) is 0 Å². The number of ether oxygens (including phenoxy) is 3. The Labute approximate surface area is 178 Å². The van der Waals surface area contributed by atoms with Gasteiger partial charge in [0.2, 0.25) is 0 Å². The summed E-state index contributed by atoms with van der Waals surface area (Å²) < 4.78 is 14.9. The Kier molecular flexibility index (Phi) is 6.66. The lowest BCUT2D eigenvalue weighted by Crippen LogP contribution is -2.11. The molecule has 0 saturated carbocycles. The molecule has 2 aromatic carbocycles. The first kappa shape index (κ1) is 21.6. The molecule has 0 saturated heterocycles. The number of para-hydroxylation sites is 1. The molecule has 160 valence electrons. The summed E-state index contributed by atoms with van der Waals surface area (Å²) in [5.41, 5.74) is 0.885. The molecule has 0 bridgehead atoms. The van der Waals surface area contributed by atoms with Crippen LogP contribution in [0.5, 0.6) is 11.5 Å². The van der Waals surface area contributed by atoms with E-state index < -0.39 is 11.9 Å². The average molecular weight is 423 g/mol. The number of aromatic hydroxyl groups is 1. The predicted molar refractivity (Wildman–Crippen MR) is 113 cm³/mol. The van der Waals surface area contributed by atoms with Crippen LogP contribution in [0.15, 0.2) is 48.7 Å². The molecule has 0 radical (unpaired) electrons. The van der Waals surface area contributed by atoms with Crippen LogP contribution in [0.25, 0.3) is 11.4 Å². The number of rotatable bonds is 7. The molecule has 0 fully saturated rings. The van der Waals surface area contributed by atoms with E-state index in [-0.39, 0.29) is 35.0 Å². The van der Waals surface area contributed by atoms with E-state index >= 15 is 0 Å². The summed E-state index contributed by atoms with van der Waals surface area (Å²) in [6.07, 6.45) is 1.34. The number of benzene rings is 2. The van der Waals surface area contributed by atoms with Gasteiger partial charge in [0.15, 0.2) is 11.6 Å². The van der Waals surface area contributed by atoms with Crippen LogP contribution in [0.3, 0.4) is 0 Å². The summed E-state index contributed by atoms with van der Waals surface area (Å²) in [5, 5.41) is 13.4. The van der Waals surface area contributed by atoms with E-state index in [1.54, 1.807) is 44.4 Å². The third-order valence-corrected chi connectivity index (χ3v) is 4.33. The monoisotopic (exact) mass is 423 g/mol. The fourth-order valence-electron chi connectivity index (χ4n) is 2.76. The largest absolute Gasteiger partial charge is 0.505 e. The minimum Gasteiger partial charge on any atom is -0.505 e. The summed E-state index contributed by atoms with van der Waals surface area (Å²) in [4.78, 5) is 33.0. The molecule has 3 rings (SSSR count). The maximum absolute atomic E-state index is 12.4. The van der Waals surface area contributed by atoms with Gasteiger partial charge >= 0.3 is 11.9 Å². The summed E-state index contributed by atoms with van der Waals surface area (Å²) in [6.45, 7) is 1.85. The molecule has 9 nitrogen and oxygen atoms in total. The van der Waals surface area contributed by atoms with Crippen molar-refractivity contribution in [1.29, 1.82) is 0 Å². The fraction of sp³-hybridized carbons (Fsp3) is 0.182. The Morgan fingerprint density at radius 2 is 1.77 bits per heavy atom. The smallest absolute Gasteiger partial charge is 0.343 e.